The highest BCUT2D eigenvalue weighted by atomic mass is 32.2. The minimum atomic E-state index is -4.11. The summed E-state index contributed by atoms with van der Waals surface area (Å²) in [6, 6.07) is 0. The van der Waals surface area contributed by atoms with Gasteiger partial charge in [0.15, 0.2) is 0 Å². The molecule has 0 aromatic rings. The van der Waals surface area contributed by atoms with Crippen LogP contribution in [0.5, 0.6) is 0 Å². The van der Waals surface area contributed by atoms with Crippen LogP contribution in [0.3, 0.4) is 0 Å². The third-order valence-corrected chi connectivity index (χ3v) is 4.17. The highest BCUT2D eigenvalue weighted by molar-refractivity contribution is 8.00. The van der Waals surface area contributed by atoms with Crippen LogP contribution >= 0.6 is 11.8 Å². The van der Waals surface area contributed by atoms with Gasteiger partial charge in [-0.25, -0.2) is 0 Å². The molecule has 0 rings (SSSR count). The van der Waals surface area contributed by atoms with Gasteiger partial charge in [-0.15, -0.1) is 11.8 Å². The molecule has 0 aromatic carbocycles. The van der Waals surface area contributed by atoms with E-state index in [0.29, 0.717) is 18.8 Å². The second-order valence-corrected chi connectivity index (χ2v) is 6.91. The van der Waals surface area contributed by atoms with E-state index in [2.05, 4.69) is 6.92 Å². The number of thioether (sulfide) groups is 1. The molecule has 0 aliphatic rings. The van der Waals surface area contributed by atoms with Gasteiger partial charge in [-0.2, -0.15) is 13.2 Å². The Morgan fingerprint density at radius 1 is 1.19 bits per heavy atom. The van der Waals surface area contributed by atoms with Crippen LogP contribution in [-0.4, -0.2) is 29.8 Å². The highest BCUT2D eigenvalue weighted by Crippen LogP contribution is 2.26. The van der Waals surface area contributed by atoms with E-state index < -0.39 is 12.6 Å². The number of ether oxygens (including phenoxy) is 1. The number of hydrogen-bond donors (Lipinski definition) is 0. The molecule has 0 radical (unpaired) electrons. The molecule has 0 bridgehead atoms. The molecule has 6 heteroatoms. The Morgan fingerprint density at radius 3 is 2.38 bits per heavy atom. The Labute approximate surface area is 130 Å². The van der Waals surface area contributed by atoms with Gasteiger partial charge >= 0.3 is 12.1 Å². The second kappa shape index (κ2) is 11.2. The second-order valence-electron chi connectivity index (χ2n) is 5.60. The van der Waals surface area contributed by atoms with E-state index in [-0.39, 0.29) is 23.6 Å². The highest BCUT2D eigenvalue weighted by Gasteiger charge is 2.27. The third kappa shape index (κ3) is 13.0. The quantitative estimate of drug-likeness (QED) is 0.385. The number of alkyl halides is 3. The summed E-state index contributed by atoms with van der Waals surface area (Å²) < 4.78 is 41.5. The number of halogens is 3. The van der Waals surface area contributed by atoms with Crippen LogP contribution in [0.4, 0.5) is 13.2 Å². The van der Waals surface area contributed by atoms with E-state index in [1.165, 1.54) is 11.8 Å². The topological polar surface area (TPSA) is 26.3 Å². The van der Waals surface area contributed by atoms with Crippen LogP contribution in [0.25, 0.3) is 0 Å². The summed E-state index contributed by atoms with van der Waals surface area (Å²) >= 11 is 1.30. The van der Waals surface area contributed by atoms with Crippen molar-refractivity contribution in [1.29, 1.82) is 0 Å². The average Bonchev–Trinajstić information content (AvgIpc) is 2.37. The van der Waals surface area contributed by atoms with E-state index in [0.717, 1.165) is 19.3 Å². The minimum absolute atomic E-state index is 0.0515. The van der Waals surface area contributed by atoms with Gasteiger partial charge in [0, 0.05) is 6.42 Å². The maximum atomic E-state index is 12.1. The van der Waals surface area contributed by atoms with Crippen molar-refractivity contribution < 1.29 is 22.7 Å². The van der Waals surface area contributed by atoms with Crippen LogP contribution in [0, 0.1) is 5.92 Å². The average molecular weight is 328 g/mol. The lowest BCUT2D eigenvalue weighted by molar-refractivity contribution is -0.144. The maximum absolute atomic E-state index is 12.1. The normalized spacial score (nSPS) is 13.5. The van der Waals surface area contributed by atoms with Gasteiger partial charge in [0.1, 0.15) is 5.25 Å². The third-order valence-electron chi connectivity index (χ3n) is 2.82. The number of esters is 1. The van der Waals surface area contributed by atoms with Crippen molar-refractivity contribution in [2.75, 3.05) is 12.4 Å². The molecule has 0 aliphatic heterocycles. The summed E-state index contributed by atoms with van der Waals surface area (Å²) in [7, 11) is 0. The van der Waals surface area contributed by atoms with E-state index in [4.69, 9.17) is 4.74 Å². The SMILES string of the molecule is CCCCCC(SCCCC(F)(F)F)C(=O)OCC(C)C. The van der Waals surface area contributed by atoms with E-state index in [1.807, 2.05) is 13.8 Å². The maximum Gasteiger partial charge on any atom is 0.389 e. The van der Waals surface area contributed by atoms with Crippen molar-refractivity contribution >= 4 is 17.7 Å². The summed E-state index contributed by atoms with van der Waals surface area (Å²) in [5, 5.41) is -0.330. The predicted octanol–water partition coefficient (Wildman–Crippen LogP) is 5.21. The molecule has 0 aromatic heterocycles. The predicted molar refractivity (Wildman–Crippen MR) is 81.5 cm³/mol. The molecule has 1 atom stereocenters. The van der Waals surface area contributed by atoms with Crippen molar-refractivity contribution in [2.24, 2.45) is 5.92 Å². The van der Waals surface area contributed by atoms with E-state index >= 15 is 0 Å². The Morgan fingerprint density at radius 2 is 1.86 bits per heavy atom. The standard InChI is InChI=1S/C15H27F3O2S/c1-4-5-6-8-13(14(19)20-11-12(2)3)21-10-7-9-15(16,17)18/h12-13H,4-11H2,1-3H3. The zero-order valence-corrected chi connectivity index (χ0v) is 14.0. The minimum Gasteiger partial charge on any atom is -0.465 e. The summed E-state index contributed by atoms with van der Waals surface area (Å²) in [5.74, 6) is 0.324. The summed E-state index contributed by atoms with van der Waals surface area (Å²) in [6.07, 6.45) is -1.19. The Kier molecular flexibility index (Phi) is 11.0. The van der Waals surface area contributed by atoms with Gasteiger partial charge in [-0.3, -0.25) is 4.79 Å². The molecule has 2 nitrogen and oxygen atoms in total. The molecule has 0 saturated heterocycles. The first kappa shape index (κ1) is 20.6. The Bertz CT molecular complexity index is 281. The monoisotopic (exact) mass is 328 g/mol. The molecule has 21 heavy (non-hydrogen) atoms. The fourth-order valence-electron chi connectivity index (χ4n) is 1.69. The van der Waals surface area contributed by atoms with E-state index in [9.17, 15) is 18.0 Å². The lowest BCUT2D eigenvalue weighted by Crippen LogP contribution is -2.23. The molecular formula is C15H27F3O2S. The molecule has 0 saturated carbocycles. The molecule has 0 amide bonds. The molecule has 0 spiro atoms. The fourth-order valence-corrected chi connectivity index (χ4v) is 2.82. The number of rotatable bonds is 11. The van der Waals surface area contributed by atoms with Crippen molar-refractivity contribution in [2.45, 2.75) is 70.7 Å². The zero-order chi connectivity index (χ0) is 16.3. The van der Waals surface area contributed by atoms with Gasteiger partial charge in [0.25, 0.3) is 0 Å². The fraction of sp³-hybridized carbons (Fsp3) is 0.933. The van der Waals surface area contributed by atoms with Crippen LogP contribution in [-0.2, 0) is 9.53 Å². The number of carbonyl (C=O) groups excluding carboxylic acids is 1. The van der Waals surface area contributed by atoms with Crippen molar-refractivity contribution in [3.05, 3.63) is 0 Å². The zero-order valence-electron chi connectivity index (χ0n) is 13.2. The lowest BCUT2D eigenvalue weighted by Gasteiger charge is -2.17. The molecule has 126 valence electrons. The molecule has 1 unspecified atom stereocenters. The first-order chi connectivity index (χ1) is 9.76. The van der Waals surface area contributed by atoms with Crippen LogP contribution in [0.1, 0.15) is 59.3 Å². The lowest BCUT2D eigenvalue weighted by atomic mass is 10.1. The van der Waals surface area contributed by atoms with Gasteiger partial charge in [0.2, 0.25) is 0 Å². The van der Waals surface area contributed by atoms with E-state index in [1.54, 1.807) is 0 Å². The van der Waals surface area contributed by atoms with Crippen LogP contribution in [0.2, 0.25) is 0 Å². The number of hydrogen-bond acceptors (Lipinski definition) is 3. The molecule has 0 heterocycles. The molecule has 0 N–H and O–H groups in total. The number of unbranched alkanes of at least 4 members (excludes halogenated alkanes) is 2. The van der Waals surface area contributed by atoms with Gasteiger partial charge in [0.05, 0.1) is 6.61 Å². The first-order valence-corrected chi connectivity index (χ1v) is 8.66. The molecular weight excluding hydrogens is 301 g/mol. The Hall–Kier alpha value is -0.390. The van der Waals surface area contributed by atoms with Crippen molar-refractivity contribution in [1.82, 2.24) is 0 Å². The summed E-state index contributed by atoms with van der Waals surface area (Å²) in [6.45, 7) is 6.35. The van der Waals surface area contributed by atoms with Gasteiger partial charge in [-0.1, -0.05) is 40.0 Å². The largest absolute Gasteiger partial charge is 0.465 e. The summed E-state index contributed by atoms with van der Waals surface area (Å²) in [5.41, 5.74) is 0. The Balaban J connectivity index is 4.15. The number of carbonyl (C=O) groups is 1. The van der Waals surface area contributed by atoms with Crippen LogP contribution < -0.4 is 0 Å². The molecule has 0 aliphatic carbocycles. The van der Waals surface area contributed by atoms with Crippen molar-refractivity contribution in [3.63, 3.8) is 0 Å². The van der Waals surface area contributed by atoms with Crippen LogP contribution in [0.15, 0.2) is 0 Å². The van der Waals surface area contributed by atoms with Gasteiger partial charge < -0.3 is 4.74 Å². The first-order valence-electron chi connectivity index (χ1n) is 7.61. The molecule has 0 fully saturated rings. The smallest absolute Gasteiger partial charge is 0.389 e. The van der Waals surface area contributed by atoms with Crippen molar-refractivity contribution in [3.8, 4) is 0 Å². The summed E-state index contributed by atoms with van der Waals surface area (Å²) in [4.78, 5) is 12.0. The van der Waals surface area contributed by atoms with Gasteiger partial charge in [-0.05, 0) is 24.5 Å².